The number of nitrogens with two attached hydrogens (primary N) is 1. The summed E-state index contributed by atoms with van der Waals surface area (Å²) in [4.78, 5) is 29.9. The first-order valence-corrected chi connectivity index (χ1v) is 9.15. The minimum absolute atomic E-state index is 0.250. The van der Waals surface area contributed by atoms with E-state index in [1.54, 1.807) is 11.3 Å². The number of amides is 1. The van der Waals surface area contributed by atoms with Gasteiger partial charge in [0.1, 0.15) is 11.7 Å². The minimum Gasteiger partial charge on any atom is -0.464 e. The summed E-state index contributed by atoms with van der Waals surface area (Å²) in [6.07, 6.45) is 0. The van der Waals surface area contributed by atoms with Crippen LogP contribution in [0.4, 0.5) is 0 Å². The highest BCUT2D eigenvalue weighted by Crippen LogP contribution is 2.31. The van der Waals surface area contributed by atoms with Crippen LogP contribution in [0.2, 0.25) is 0 Å². The van der Waals surface area contributed by atoms with E-state index in [0.717, 1.165) is 20.1 Å². The summed E-state index contributed by atoms with van der Waals surface area (Å²) in [7, 11) is 1.31. The van der Waals surface area contributed by atoms with E-state index in [0.29, 0.717) is 12.3 Å². The molecule has 2 heterocycles. The zero-order valence-corrected chi connectivity index (χ0v) is 14.9. The number of fused-ring (bicyclic) bond motifs is 1. The Morgan fingerprint density at radius 3 is 2.88 bits per heavy atom. The molecule has 3 rings (SSSR count). The third-order valence-electron chi connectivity index (χ3n) is 3.70. The predicted molar refractivity (Wildman–Crippen MR) is 94.7 cm³/mol. The van der Waals surface area contributed by atoms with Crippen molar-refractivity contribution >= 4 is 45.2 Å². The van der Waals surface area contributed by atoms with Crippen molar-refractivity contribution in [1.29, 1.82) is 0 Å². The van der Waals surface area contributed by atoms with Crippen molar-refractivity contribution in [3.05, 3.63) is 35.5 Å². The standard InChI is InChI=1S/C16H17N3O3S2/c1-9(13(15(21)22-2)19-7-10(17)14(19)20)8-23-16-18-11-5-3-4-6-12(11)24-16/h3-6,10H,7-8,17H2,1-2H3/b13-9+. The van der Waals surface area contributed by atoms with Gasteiger partial charge in [0.2, 0.25) is 5.91 Å². The third-order valence-corrected chi connectivity index (χ3v) is 6.05. The van der Waals surface area contributed by atoms with Crippen LogP contribution in [0, 0.1) is 0 Å². The van der Waals surface area contributed by atoms with Crippen molar-refractivity contribution in [3.63, 3.8) is 0 Å². The van der Waals surface area contributed by atoms with Crippen LogP contribution in [0.15, 0.2) is 39.9 Å². The fraction of sp³-hybridized carbons (Fsp3) is 0.312. The lowest BCUT2D eigenvalue weighted by atomic mass is 10.1. The highest BCUT2D eigenvalue weighted by Gasteiger charge is 2.39. The number of rotatable bonds is 5. The number of nitrogens with zero attached hydrogens (tertiary/aromatic N) is 2. The van der Waals surface area contributed by atoms with Crippen LogP contribution in [-0.2, 0) is 14.3 Å². The number of likely N-dealkylation sites (tertiary alicyclic amines) is 1. The van der Waals surface area contributed by atoms with Gasteiger partial charge in [0, 0.05) is 5.75 Å². The molecule has 2 N–H and O–H groups in total. The Kier molecular flexibility index (Phi) is 4.88. The summed E-state index contributed by atoms with van der Waals surface area (Å²) in [5.74, 6) is -0.221. The molecule has 1 atom stereocenters. The van der Waals surface area contributed by atoms with E-state index in [2.05, 4.69) is 4.98 Å². The van der Waals surface area contributed by atoms with E-state index in [4.69, 9.17) is 10.5 Å². The predicted octanol–water partition coefficient (Wildman–Crippen LogP) is 2.00. The van der Waals surface area contributed by atoms with E-state index in [1.807, 2.05) is 31.2 Å². The van der Waals surface area contributed by atoms with Crippen molar-refractivity contribution in [3.8, 4) is 0 Å². The lowest BCUT2D eigenvalue weighted by Crippen LogP contribution is -2.61. The first kappa shape index (κ1) is 16.9. The molecule has 0 radical (unpaired) electrons. The highest BCUT2D eigenvalue weighted by atomic mass is 32.2. The van der Waals surface area contributed by atoms with Gasteiger partial charge < -0.3 is 15.4 Å². The Balaban J connectivity index is 1.78. The van der Waals surface area contributed by atoms with E-state index in [-0.39, 0.29) is 11.6 Å². The van der Waals surface area contributed by atoms with Crippen molar-refractivity contribution < 1.29 is 14.3 Å². The molecule has 0 spiro atoms. The number of β-lactam (4-membered cyclic amide) rings is 1. The number of hydrogen-bond acceptors (Lipinski definition) is 7. The van der Waals surface area contributed by atoms with Gasteiger partial charge in [0.25, 0.3) is 0 Å². The molecule has 0 aliphatic carbocycles. The van der Waals surface area contributed by atoms with Gasteiger partial charge in [-0.3, -0.25) is 4.79 Å². The number of carbonyl (C=O) groups excluding carboxylic acids is 2. The van der Waals surface area contributed by atoms with Crippen molar-refractivity contribution in [2.75, 3.05) is 19.4 Å². The number of ether oxygens (including phenoxy) is 1. The number of aromatic nitrogens is 1. The van der Waals surface area contributed by atoms with Crippen LogP contribution < -0.4 is 5.73 Å². The monoisotopic (exact) mass is 363 g/mol. The quantitative estimate of drug-likeness (QED) is 0.378. The fourth-order valence-corrected chi connectivity index (χ4v) is 4.44. The van der Waals surface area contributed by atoms with Gasteiger partial charge in [0.05, 0.1) is 23.9 Å². The topological polar surface area (TPSA) is 85.5 Å². The number of benzene rings is 1. The number of methoxy groups -OCH3 is 1. The fourth-order valence-electron chi connectivity index (χ4n) is 2.42. The summed E-state index contributed by atoms with van der Waals surface area (Å²) >= 11 is 3.14. The lowest BCUT2D eigenvalue weighted by molar-refractivity contribution is -0.147. The average Bonchev–Trinajstić information content (AvgIpc) is 3.01. The third kappa shape index (κ3) is 3.17. The van der Waals surface area contributed by atoms with E-state index < -0.39 is 12.0 Å². The summed E-state index contributed by atoms with van der Waals surface area (Å²) < 4.78 is 6.87. The molecule has 0 saturated carbocycles. The molecule has 24 heavy (non-hydrogen) atoms. The molecule has 1 fully saturated rings. The van der Waals surface area contributed by atoms with Crippen LogP contribution >= 0.6 is 23.1 Å². The molecule has 8 heteroatoms. The molecule has 1 aromatic carbocycles. The molecule has 2 aromatic rings. The molecule has 1 saturated heterocycles. The Bertz CT molecular complexity index is 798. The first-order valence-electron chi connectivity index (χ1n) is 7.34. The van der Waals surface area contributed by atoms with Gasteiger partial charge in [-0.15, -0.1) is 11.3 Å². The van der Waals surface area contributed by atoms with Crippen LogP contribution in [0.5, 0.6) is 0 Å². The molecule has 1 unspecified atom stereocenters. The molecular weight excluding hydrogens is 346 g/mol. The second kappa shape index (κ2) is 6.92. The molecule has 1 amide bonds. The minimum atomic E-state index is -0.533. The van der Waals surface area contributed by atoms with Crippen molar-refractivity contribution in [2.24, 2.45) is 5.73 Å². The Hall–Kier alpha value is -1.90. The molecule has 1 aliphatic rings. The summed E-state index contributed by atoms with van der Waals surface area (Å²) in [6, 6.07) is 7.40. The van der Waals surface area contributed by atoms with Crippen LogP contribution in [-0.4, -0.2) is 47.2 Å². The van der Waals surface area contributed by atoms with E-state index in [9.17, 15) is 9.59 Å². The summed E-state index contributed by atoms with van der Waals surface area (Å²) in [5, 5.41) is 0. The van der Waals surface area contributed by atoms with Crippen LogP contribution in [0.25, 0.3) is 10.2 Å². The van der Waals surface area contributed by atoms with Gasteiger partial charge in [0.15, 0.2) is 4.34 Å². The molecule has 1 aliphatic heterocycles. The molecule has 0 bridgehead atoms. The maximum atomic E-state index is 12.1. The van der Waals surface area contributed by atoms with Crippen LogP contribution in [0.3, 0.4) is 0 Å². The molecule has 1 aromatic heterocycles. The first-order chi connectivity index (χ1) is 11.5. The van der Waals surface area contributed by atoms with Gasteiger partial charge in [-0.25, -0.2) is 9.78 Å². The Morgan fingerprint density at radius 1 is 1.50 bits per heavy atom. The van der Waals surface area contributed by atoms with Crippen molar-refractivity contribution in [2.45, 2.75) is 17.3 Å². The average molecular weight is 363 g/mol. The van der Waals surface area contributed by atoms with E-state index in [1.165, 1.54) is 23.8 Å². The zero-order valence-electron chi connectivity index (χ0n) is 13.3. The number of esters is 1. The van der Waals surface area contributed by atoms with Gasteiger partial charge in [-0.05, 0) is 24.6 Å². The van der Waals surface area contributed by atoms with Gasteiger partial charge in [-0.1, -0.05) is 23.9 Å². The van der Waals surface area contributed by atoms with Crippen molar-refractivity contribution in [1.82, 2.24) is 9.88 Å². The maximum absolute atomic E-state index is 12.1. The maximum Gasteiger partial charge on any atom is 0.354 e. The summed E-state index contributed by atoms with van der Waals surface area (Å²) in [6.45, 7) is 2.16. The Morgan fingerprint density at radius 2 is 2.25 bits per heavy atom. The highest BCUT2D eigenvalue weighted by molar-refractivity contribution is 8.01. The second-order valence-electron chi connectivity index (χ2n) is 5.41. The molecule has 6 nitrogen and oxygen atoms in total. The normalized spacial score (nSPS) is 18.4. The number of para-hydroxylation sites is 1. The molecule has 126 valence electrons. The lowest BCUT2D eigenvalue weighted by Gasteiger charge is -2.37. The number of thiazole rings is 1. The van der Waals surface area contributed by atoms with E-state index >= 15 is 0 Å². The number of thioether (sulfide) groups is 1. The smallest absolute Gasteiger partial charge is 0.354 e. The largest absolute Gasteiger partial charge is 0.464 e. The SMILES string of the molecule is COC(=O)/C(=C(/C)CSc1nc2ccccc2s1)N1CC(N)C1=O. The number of hydrogen-bond donors (Lipinski definition) is 1. The van der Waals surface area contributed by atoms with Crippen LogP contribution in [0.1, 0.15) is 6.92 Å². The zero-order chi connectivity index (χ0) is 17.3. The summed E-state index contributed by atoms with van der Waals surface area (Å²) in [5.41, 5.74) is 7.64. The molecular formula is C16H17N3O3S2. The Labute approximate surface area is 147 Å². The van der Waals surface area contributed by atoms with Gasteiger partial charge >= 0.3 is 5.97 Å². The number of carbonyl (C=O) groups is 2. The second-order valence-corrected chi connectivity index (χ2v) is 7.67. The van der Waals surface area contributed by atoms with Gasteiger partial charge in [-0.2, -0.15) is 0 Å².